The molecule has 1 aromatic heterocycles. The summed E-state index contributed by atoms with van der Waals surface area (Å²) in [5.41, 5.74) is 5.71. The molecule has 222 valence electrons. The summed E-state index contributed by atoms with van der Waals surface area (Å²) in [5, 5.41) is 2.75. The van der Waals surface area contributed by atoms with Gasteiger partial charge in [-0.1, -0.05) is 11.6 Å². The third-order valence-electron chi connectivity index (χ3n) is 6.92. The van der Waals surface area contributed by atoms with E-state index in [4.69, 9.17) is 22.1 Å². The molecule has 3 aromatic rings. The number of hydrogen-bond acceptors (Lipinski definition) is 6. The molecule has 0 atom stereocenters. The van der Waals surface area contributed by atoms with Crippen LogP contribution in [0.15, 0.2) is 36.5 Å². The van der Waals surface area contributed by atoms with Crippen molar-refractivity contribution in [1.29, 1.82) is 0 Å². The molecule has 0 spiro atoms. The molecule has 4 rings (SSSR count). The maximum absolute atomic E-state index is 14.6. The first-order chi connectivity index (χ1) is 20.0. The SMILES string of the molecule is COc1ccc(-c2cnc(C(=O)Nc3ccc(C(=O)N4CCN(C(=O)CCCC(N)=O)CC4)c(Cl)c3)n2C)c(F)c1F. The second kappa shape index (κ2) is 13.0. The number of anilines is 1. The van der Waals surface area contributed by atoms with E-state index in [9.17, 15) is 28.0 Å². The molecular formula is C28H29ClF2N6O5. The maximum atomic E-state index is 14.6. The van der Waals surface area contributed by atoms with Crippen molar-refractivity contribution in [1.82, 2.24) is 19.4 Å². The fourth-order valence-electron chi connectivity index (χ4n) is 4.61. The molecule has 0 aliphatic carbocycles. The van der Waals surface area contributed by atoms with Gasteiger partial charge in [-0.2, -0.15) is 4.39 Å². The molecule has 1 fully saturated rings. The number of benzene rings is 2. The molecule has 0 saturated carbocycles. The van der Waals surface area contributed by atoms with Gasteiger partial charge in [-0.15, -0.1) is 0 Å². The number of rotatable bonds is 9. The molecular weight excluding hydrogens is 574 g/mol. The minimum Gasteiger partial charge on any atom is -0.494 e. The Morgan fingerprint density at radius 1 is 1.02 bits per heavy atom. The summed E-state index contributed by atoms with van der Waals surface area (Å²) in [6.07, 6.45) is 2.00. The number of carbonyl (C=O) groups is 4. The van der Waals surface area contributed by atoms with Crippen LogP contribution in [0.2, 0.25) is 5.02 Å². The summed E-state index contributed by atoms with van der Waals surface area (Å²) in [7, 11) is 2.71. The van der Waals surface area contributed by atoms with Crippen LogP contribution >= 0.6 is 11.6 Å². The number of ether oxygens (including phenoxy) is 1. The Balaban J connectivity index is 1.38. The number of nitrogens with zero attached hydrogens (tertiary/aromatic N) is 4. The van der Waals surface area contributed by atoms with Crippen molar-refractivity contribution in [2.45, 2.75) is 19.3 Å². The van der Waals surface area contributed by atoms with E-state index in [1.807, 2.05) is 0 Å². The molecule has 14 heteroatoms. The van der Waals surface area contributed by atoms with E-state index in [0.29, 0.717) is 38.3 Å². The van der Waals surface area contributed by atoms with Gasteiger partial charge in [0, 0.05) is 57.3 Å². The molecule has 2 aromatic carbocycles. The zero-order valence-electron chi connectivity index (χ0n) is 23.0. The normalized spacial score (nSPS) is 13.2. The van der Waals surface area contributed by atoms with Gasteiger partial charge in [-0.25, -0.2) is 9.37 Å². The summed E-state index contributed by atoms with van der Waals surface area (Å²) in [6, 6.07) is 7.03. The fraction of sp³-hybridized carbons (Fsp3) is 0.321. The molecule has 42 heavy (non-hydrogen) atoms. The molecule has 1 aliphatic heterocycles. The highest BCUT2D eigenvalue weighted by Gasteiger charge is 2.26. The van der Waals surface area contributed by atoms with Crippen LogP contribution < -0.4 is 15.8 Å². The van der Waals surface area contributed by atoms with E-state index >= 15 is 0 Å². The highest BCUT2D eigenvalue weighted by atomic mass is 35.5. The Morgan fingerprint density at radius 2 is 1.71 bits per heavy atom. The van der Waals surface area contributed by atoms with Crippen LogP contribution in [0.5, 0.6) is 5.75 Å². The van der Waals surface area contributed by atoms with E-state index in [2.05, 4.69) is 10.3 Å². The van der Waals surface area contributed by atoms with Gasteiger partial charge >= 0.3 is 0 Å². The van der Waals surface area contributed by atoms with Gasteiger partial charge in [0.25, 0.3) is 11.8 Å². The first kappa shape index (κ1) is 30.4. The topological polar surface area (TPSA) is 140 Å². The van der Waals surface area contributed by atoms with Crippen LogP contribution in [-0.2, 0) is 16.6 Å². The zero-order chi connectivity index (χ0) is 30.6. The number of nitrogens with one attached hydrogen (secondary N) is 1. The van der Waals surface area contributed by atoms with Crippen molar-refractivity contribution in [3.8, 4) is 17.0 Å². The Hall–Kier alpha value is -4.52. The highest BCUT2D eigenvalue weighted by molar-refractivity contribution is 6.34. The molecule has 1 aliphatic rings. The zero-order valence-corrected chi connectivity index (χ0v) is 23.7. The van der Waals surface area contributed by atoms with Crippen LogP contribution in [0.3, 0.4) is 0 Å². The Labute approximate surface area is 245 Å². The van der Waals surface area contributed by atoms with Crippen LogP contribution in [0.25, 0.3) is 11.3 Å². The van der Waals surface area contributed by atoms with Gasteiger partial charge in [0.1, 0.15) is 0 Å². The molecule has 0 radical (unpaired) electrons. The standard InChI is InChI=1S/C28H29ClF2N6O5/c1-35-20(18-8-9-21(42-2)25(31)24(18)30)15-33-26(35)27(40)34-16-6-7-17(19(29)14-16)28(41)37-12-10-36(11-13-37)23(39)5-3-4-22(32)38/h6-9,14-15H,3-5,10-13H2,1-2H3,(H2,32,38)(H,34,40). The molecule has 0 unspecified atom stereocenters. The van der Waals surface area contributed by atoms with Gasteiger partial charge in [0.15, 0.2) is 17.4 Å². The van der Waals surface area contributed by atoms with Crippen molar-refractivity contribution in [2.24, 2.45) is 12.8 Å². The number of halogens is 3. The maximum Gasteiger partial charge on any atom is 0.291 e. The number of carbonyl (C=O) groups excluding carboxylic acids is 4. The van der Waals surface area contributed by atoms with E-state index < -0.39 is 23.4 Å². The second-order valence-electron chi connectivity index (χ2n) is 9.61. The van der Waals surface area contributed by atoms with Crippen molar-refractivity contribution in [3.63, 3.8) is 0 Å². The van der Waals surface area contributed by atoms with E-state index in [1.54, 1.807) is 9.80 Å². The number of methoxy groups -OCH3 is 1. The summed E-state index contributed by atoms with van der Waals surface area (Å²) in [5.74, 6) is -4.11. The van der Waals surface area contributed by atoms with Crippen LogP contribution in [0.4, 0.5) is 14.5 Å². The van der Waals surface area contributed by atoms with Crippen molar-refractivity contribution >= 4 is 40.9 Å². The van der Waals surface area contributed by atoms with Crippen molar-refractivity contribution in [3.05, 3.63) is 64.6 Å². The second-order valence-corrected chi connectivity index (χ2v) is 10.0. The van der Waals surface area contributed by atoms with Gasteiger partial charge < -0.3 is 30.2 Å². The van der Waals surface area contributed by atoms with E-state index in [1.165, 1.54) is 55.3 Å². The smallest absolute Gasteiger partial charge is 0.291 e. The lowest BCUT2D eigenvalue weighted by Crippen LogP contribution is -2.50. The molecule has 4 amide bonds. The Kier molecular flexibility index (Phi) is 9.41. The molecule has 1 saturated heterocycles. The lowest BCUT2D eigenvalue weighted by molar-refractivity contribution is -0.132. The van der Waals surface area contributed by atoms with Crippen molar-refractivity contribution < 1.29 is 32.7 Å². The number of nitrogens with two attached hydrogens (primary N) is 1. The summed E-state index contributed by atoms with van der Waals surface area (Å²) in [4.78, 5) is 56.5. The van der Waals surface area contributed by atoms with E-state index in [-0.39, 0.29) is 58.1 Å². The first-order valence-electron chi connectivity index (χ1n) is 13.0. The predicted octanol–water partition coefficient (Wildman–Crippen LogP) is 3.22. The van der Waals surface area contributed by atoms with Gasteiger partial charge in [-0.3, -0.25) is 19.2 Å². The van der Waals surface area contributed by atoms with Crippen LogP contribution in [0, 0.1) is 11.6 Å². The summed E-state index contributed by atoms with van der Waals surface area (Å²) < 4.78 is 34.9. The molecule has 2 heterocycles. The first-order valence-corrected chi connectivity index (χ1v) is 13.4. The number of hydrogen-bond donors (Lipinski definition) is 2. The number of piperazine rings is 1. The number of primary amides is 1. The molecule has 3 N–H and O–H groups in total. The number of amides is 4. The lowest BCUT2D eigenvalue weighted by Gasteiger charge is -2.35. The third kappa shape index (κ3) is 6.51. The quantitative estimate of drug-likeness (QED) is 0.385. The van der Waals surface area contributed by atoms with E-state index in [0.717, 1.165) is 0 Å². The van der Waals surface area contributed by atoms with Gasteiger partial charge in [0.2, 0.25) is 17.6 Å². The molecule has 11 nitrogen and oxygen atoms in total. The summed E-state index contributed by atoms with van der Waals surface area (Å²) in [6.45, 7) is 1.34. The average molecular weight is 603 g/mol. The number of aromatic nitrogens is 2. The molecule has 0 bridgehead atoms. The van der Waals surface area contributed by atoms with Crippen molar-refractivity contribution in [2.75, 3.05) is 38.6 Å². The largest absolute Gasteiger partial charge is 0.494 e. The lowest BCUT2D eigenvalue weighted by atomic mass is 10.1. The minimum atomic E-state index is -1.15. The minimum absolute atomic E-state index is 0.0704. The Bertz CT molecular complexity index is 1540. The summed E-state index contributed by atoms with van der Waals surface area (Å²) >= 11 is 6.40. The van der Waals surface area contributed by atoms with Crippen LogP contribution in [-0.4, -0.2) is 76.3 Å². The van der Waals surface area contributed by atoms with Gasteiger partial charge in [-0.05, 0) is 36.8 Å². The van der Waals surface area contributed by atoms with Crippen LogP contribution in [0.1, 0.15) is 40.2 Å². The predicted molar refractivity (Wildman–Crippen MR) is 150 cm³/mol. The third-order valence-corrected chi connectivity index (χ3v) is 7.24. The van der Waals surface area contributed by atoms with Gasteiger partial charge in [0.05, 0.1) is 29.6 Å². The fourth-order valence-corrected chi connectivity index (χ4v) is 4.87. The number of imidazole rings is 1. The highest BCUT2D eigenvalue weighted by Crippen LogP contribution is 2.30. The average Bonchev–Trinajstić information content (AvgIpc) is 3.35. The Morgan fingerprint density at radius 3 is 2.36 bits per heavy atom. The monoisotopic (exact) mass is 602 g/mol.